The molecule has 1 fully saturated rings. The molecule has 2 atom stereocenters. The molecular weight excluding hydrogens is 364 g/mol. The molecule has 0 unspecified atom stereocenters. The summed E-state index contributed by atoms with van der Waals surface area (Å²) in [5.41, 5.74) is 2.99. The van der Waals surface area contributed by atoms with Gasteiger partial charge in [0.15, 0.2) is 5.78 Å². The van der Waals surface area contributed by atoms with Crippen LogP contribution in [0.1, 0.15) is 23.2 Å². The van der Waals surface area contributed by atoms with Crippen LogP contribution in [0.25, 0.3) is 22.2 Å². The van der Waals surface area contributed by atoms with Crippen molar-refractivity contribution in [1.29, 1.82) is 0 Å². The summed E-state index contributed by atoms with van der Waals surface area (Å²) in [6.07, 6.45) is 5.04. The number of ketones is 1. The first-order valence-electron chi connectivity index (χ1n) is 9.84. The van der Waals surface area contributed by atoms with Crippen LogP contribution in [-0.2, 0) is 9.59 Å². The highest BCUT2D eigenvalue weighted by Crippen LogP contribution is 2.36. The number of hydrogen-bond donors (Lipinski definition) is 1. The van der Waals surface area contributed by atoms with Gasteiger partial charge in [-0.05, 0) is 24.5 Å². The van der Waals surface area contributed by atoms with Crippen molar-refractivity contribution in [3.63, 3.8) is 0 Å². The number of H-pyrrole nitrogens is 1. The first-order chi connectivity index (χ1) is 14.1. The van der Waals surface area contributed by atoms with Crippen LogP contribution < -0.4 is 0 Å². The van der Waals surface area contributed by atoms with E-state index < -0.39 is 0 Å². The molecule has 0 radical (unpaired) electrons. The number of nitrogens with one attached hydrogen (secondary N) is 1. The van der Waals surface area contributed by atoms with Gasteiger partial charge in [-0.3, -0.25) is 19.3 Å². The normalized spacial score (nSPS) is 21.0. The van der Waals surface area contributed by atoms with E-state index in [9.17, 15) is 14.4 Å². The SMILES string of the molecule is O=C(CN1C(=O)[C@@H]2CC=CC[C@H]2C1=O)c1c(-c2ccccc2)[nH]c2ccccc12. The van der Waals surface area contributed by atoms with Crippen LogP contribution in [0.2, 0.25) is 0 Å². The van der Waals surface area contributed by atoms with Gasteiger partial charge in [-0.15, -0.1) is 0 Å². The number of fused-ring (bicyclic) bond motifs is 2. The second-order valence-corrected chi connectivity index (χ2v) is 7.63. The van der Waals surface area contributed by atoms with Gasteiger partial charge in [-0.25, -0.2) is 0 Å². The number of allylic oxidation sites excluding steroid dienone is 2. The molecule has 1 aromatic heterocycles. The predicted octanol–water partition coefficient (Wildman–Crippen LogP) is 3.97. The van der Waals surface area contributed by atoms with Gasteiger partial charge < -0.3 is 4.98 Å². The highest BCUT2D eigenvalue weighted by atomic mass is 16.2. The van der Waals surface area contributed by atoms with Crippen molar-refractivity contribution in [2.75, 3.05) is 6.54 Å². The summed E-state index contributed by atoms with van der Waals surface area (Å²) in [5, 5.41) is 0.800. The number of rotatable bonds is 4. The molecule has 1 aliphatic carbocycles. The summed E-state index contributed by atoms with van der Waals surface area (Å²) in [4.78, 5) is 43.5. The molecular formula is C24H20N2O3. The van der Waals surface area contributed by atoms with Crippen LogP contribution >= 0.6 is 0 Å². The Kier molecular flexibility index (Phi) is 4.16. The predicted molar refractivity (Wildman–Crippen MR) is 110 cm³/mol. The summed E-state index contributed by atoms with van der Waals surface area (Å²) in [5.74, 6) is -1.32. The van der Waals surface area contributed by atoms with Crippen LogP contribution in [-0.4, -0.2) is 34.0 Å². The molecule has 2 heterocycles. The number of para-hydroxylation sites is 1. The first-order valence-corrected chi connectivity index (χ1v) is 9.84. The van der Waals surface area contributed by atoms with Crippen LogP contribution in [0.5, 0.6) is 0 Å². The van der Waals surface area contributed by atoms with Crippen molar-refractivity contribution in [1.82, 2.24) is 9.88 Å². The van der Waals surface area contributed by atoms with Crippen molar-refractivity contribution in [2.24, 2.45) is 11.8 Å². The Balaban J connectivity index is 1.53. The number of aromatic nitrogens is 1. The lowest BCUT2D eigenvalue weighted by molar-refractivity contribution is -0.139. The lowest BCUT2D eigenvalue weighted by Gasteiger charge is -2.14. The van der Waals surface area contributed by atoms with Gasteiger partial charge in [0.1, 0.15) is 0 Å². The lowest BCUT2D eigenvalue weighted by atomic mass is 9.85. The van der Waals surface area contributed by atoms with Gasteiger partial charge in [0.2, 0.25) is 11.8 Å². The Morgan fingerprint density at radius 1 is 0.897 bits per heavy atom. The molecule has 144 valence electrons. The van der Waals surface area contributed by atoms with Crippen LogP contribution in [0.3, 0.4) is 0 Å². The van der Waals surface area contributed by atoms with Crippen molar-refractivity contribution in [2.45, 2.75) is 12.8 Å². The fraction of sp³-hybridized carbons (Fsp3) is 0.208. The third-order valence-corrected chi connectivity index (χ3v) is 5.95. The fourth-order valence-electron chi connectivity index (χ4n) is 4.50. The van der Waals surface area contributed by atoms with Crippen molar-refractivity contribution < 1.29 is 14.4 Å². The Labute approximate surface area is 168 Å². The molecule has 1 saturated heterocycles. The van der Waals surface area contributed by atoms with Crippen molar-refractivity contribution in [3.05, 3.63) is 72.3 Å². The maximum Gasteiger partial charge on any atom is 0.233 e. The molecule has 5 heteroatoms. The number of likely N-dealkylation sites (tertiary alicyclic amines) is 1. The highest BCUT2D eigenvalue weighted by molar-refractivity contribution is 6.17. The summed E-state index contributed by atoms with van der Waals surface area (Å²) in [7, 11) is 0. The minimum absolute atomic E-state index is 0.216. The number of imide groups is 1. The molecule has 0 bridgehead atoms. The second kappa shape index (κ2) is 6.85. The number of hydrogen-bond acceptors (Lipinski definition) is 3. The van der Waals surface area contributed by atoms with E-state index >= 15 is 0 Å². The minimum atomic E-state index is -0.322. The number of Topliss-reactive ketones (excluding diaryl/α,β-unsaturated/α-hetero) is 1. The van der Waals surface area contributed by atoms with Gasteiger partial charge in [-0.2, -0.15) is 0 Å². The van der Waals surface area contributed by atoms with E-state index in [1.807, 2.05) is 66.7 Å². The number of carbonyl (C=O) groups excluding carboxylic acids is 3. The molecule has 2 amide bonds. The fourth-order valence-corrected chi connectivity index (χ4v) is 4.50. The maximum absolute atomic E-state index is 13.4. The maximum atomic E-state index is 13.4. The number of benzene rings is 2. The molecule has 0 spiro atoms. The molecule has 5 rings (SSSR count). The highest BCUT2D eigenvalue weighted by Gasteiger charge is 2.47. The van der Waals surface area contributed by atoms with Crippen LogP contribution in [0.4, 0.5) is 0 Å². The van der Waals surface area contributed by atoms with Crippen LogP contribution in [0, 0.1) is 11.8 Å². The Bertz CT molecular complexity index is 1130. The van der Waals surface area contributed by atoms with Crippen molar-refractivity contribution >= 4 is 28.5 Å². The molecule has 5 nitrogen and oxygen atoms in total. The van der Waals surface area contributed by atoms with E-state index in [1.54, 1.807) is 0 Å². The Hall–Kier alpha value is -3.47. The third kappa shape index (κ3) is 2.81. The number of nitrogens with zero attached hydrogens (tertiary/aromatic N) is 1. The average Bonchev–Trinajstić information content (AvgIpc) is 3.26. The van der Waals surface area contributed by atoms with Crippen LogP contribution in [0.15, 0.2) is 66.7 Å². The summed E-state index contributed by atoms with van der Waals surface area (Å²) in [6.45, 7) is -0.216. The number of carbonyl (C=O) groups is 3. The molecule has 2 aromatic carbocycles. The van der Waals surface area contributed by atoms with Crippen molar-refractivity contribution in [3.8, 4) is 11.3 Å². The van der Waals surface area contributed by atoms with E-state index in [2.05, 4.69) is 4.98 Å². The molecule has 29 heavy (non-hydrogen) atoms. The topological polar surface area (TPSA) is 70.2 Å². The van der Waals surface area contributed by atoms with Gasteiger partial charge in [0, 0.05) is 10.9 Å². The van der Waals surface area contributed by atoms with E-state index in [0.717, 1.165) is 22.2 Å². The molecule has 3 aromatic rings. The lowest BCUT2D eigenvalue weighted by Crippen LogP contribution is -2.36. The number of amides is 2. The molecule has 1 aliphatic heterocycles. The second-order valence-electron chi connectivity index (χ2n) is 7.63. The Morgan fingerprint density at radius 3 is 2.21 bits per heavy atom. The summed E-state index contributed by atoms with van der Waals surface area (Å²) < 4.78 is 0. The smallest absolute Gasteiger partial charge is 0.233 e. The minimum Gasteiger partial charge on any atom is -0.354 e. The van der Waals surface area contributed by atoms with Gasteiger partial charge in [-0.1, -0.05) is 60.7 Å². The van der Waals surface area contributed by atoms with Gasteiger partial charge >= 0.3 is 0 Å². The Morgan fingerprint density at radius 2 is 1.52 bits per heavy atom. The van der Waals surface area contributed by atoms with E-state index in [1.165, 1.54) is 4.90 Å². The summed E-state index contributed by atoms with van der Waals surface area (Å²) >= 11 is 0. The zero-order valence-electron chi connectivity index (χ0n) is 15.8. The molecule has 2 aliphatic rings. The number of aromatic amines is 1. The largest absolute Gasteiger partial charge is 0.354 e. The van der Waals surface area contributed by atoms with E-state index in [0.29, 0.717) is 18.4 Å². The zero-order valence-corrected chi connectivity index (χ0v) is 15.8. The average molecular weight is 384 g/mol. The van der Waals surface area contributed by atoms with E-state index in [4.69, 9.17) is 0 Å². The zero-order chi connectivity index (χ0) is 20.0. The van der Waals surface area contributed by atoms with E-state index in [-0.39, 0.29) is 36.0 Å². The standard InChI is InChI=1S/C24H20N2O3/c27-20(14-26-23(28)16-10-4-5-11-17(16)24(26)29)21-18-12-6-7-13-19(18)25-22(21)15-8-2-1-3-9-15/h1-9,12-13,16-17,25H,10-11,14H2/t16-,17-/m1/s1. The first kappa shape index (κ1) is 17.6. The third-order valence-electron chi connectivity index (χ3n) is 5.95. The molecule has 1 N–H and O–H groups in total. The molecule has 0 saturated carbocycles. The quantitative estimate of drug-likeness (QED) is 0.420. The monoisotopic (exact) mass is 384 g/mol. The van der Waals surface area contributed by atoms with Gasteiger partial charge in [0.05, 0.1) is 29.6 Å². The van der Waals surface area contributed by atoms with Gasteiger partial charge in [0.25, 0.3) is 0 Å². The summed E-state index contributed by atoms with van der Waals surface area (Å²) in [6, 6.07) is 17.2.